The van der Waals surface area contributed by atoms with Crippen molar-refractivity contribution in [3.8, 4) is 0 Å². The number of carbonyl (C=O) groups is 4. The van der Waals surface area contributed by atoms with Crippen molar-refractivity contribution in [1.29, 1.82) is 0 Å². The van der Waals surface area contributed by atoms with Gasteiger partial charge in [0.25, 0.3) is 0 Å². The molecule has 1 aromatic heterocycles. The van der Waals surface area contributed by atoms with Crippen molar-refractivity contribution in [1.82, 2.24) is 39.5 Å². The lowest BCUT2D eigenvalue weighted by Crippen LogP contribution is -2.54. The largest absolute Gasteiger partial charge is 0.459 e. The van der Waals surface area contributed by atoms with Gasteiger partial charge in [0.1, 0.15) is 25.4 Å². The van der Waals surface area contributed by atoms with Gasteiger partial charge in [-0.2, -0.15) is 0 Å². The van der Waals surface area contributed by atoms with Gasteiger partial charge < -0.3 is 34.9 Å². The number of nitrogens with zero attached hydrogens (tertiary/aromatic N) is 5. The highest BCUT2D eigenvalue weighted by Crippen LogP contribution is 2.17. The zero-order chi connectivity index (χ0) is 43.9. The maximum Gasteiger partial charge on any atom is 0.407 e. The topological polar surface area (TPSA) is 213 Å². The molecule has 2 aliphatic rings. The van der Waals surface area contributed by atoms with E-state index in [4.69, 9.17) is 18.9 Å². The van der Waals surface area contributed by atoms with Gasteiger partial charge in [0, 0.05) is 83.6 Å². The number of carbonyl (C=O) groups excluding carboxylic acids is 4. The molecule has 3 rings (SSSR count). The lowest BCUT2D eigenvalue weighted by Gasteiger charge is -2.15. The molecule has 19 nitrogen and oxygen atoms in total. The number of hydrogen-bond donors (Lipinski definition) is 3. The third-order valence-electron chi connectivity index (χ3n) is 10.4. The molecule has 60 heavy (non-hydrogen) atoms. The fraction of sp³-hybridized carbons (Fsp3) is 0.780. The Kier molecular flexibility index (Phi) is 22.6. The second kappa shape index (κ2) is 27.2. The summed E-state index contributed by atoms with van der Waals surface area (Å²) in [6.07, 6.45) is 7.16. The second-order valence-electron chi connectivity index (χ2n) is 15.9. The predicted molar refractivity (Wildman–Crippen MR) is 225 cm³/mol. The zero-order valence-corrected chi connectivity index (χ0v) is 36.3. The van der Waals surface area contributed by atoms with Crippen LogP contribution in [0.3, 0.4) is 0 Å². The first-order valence-corrected chi connectivity index (χ1v) is 21.8. The van der Waals surface area contributed by atoms with Gasteiger partial charge in [0.15, 0.2) is 0 Å². The Morgan fingerprint density at radius 1 is 0.583 bits per heavy atom. The standard InChI is InChI=1S/C41H70N8O11/c1-6-35(50)57-25-26-58-36(51)42-19-13-7-10-16-22-47-39(54)48(23-17-11-8-14-20-43-37(52)59-33(4)29-45-27-31(45)2)41(56)49(40(47)55)24-18-12-9-15-21-44-38(53)60-34(5)30-46-28-32(46)3/h6,31-34H,1,7-30H2,2-5H3,(H,42,51)(H,43,52)(H,44,53). The molecule has 19 heteroatoms. The molecule has 6 atom stereocenters. The Balaban J connectivity index is 1.44. The van der Waals surface area contributed by atoms with Gasteiger partial charge in [-0.05, 0) is 66.2 Å². The van der Waals surface area contributed by atoms with Gasteiger partial charge >= 0.3 is 41.3 Å². The molecule has 0 aromatic carbocycles. The summed E-state index contributed by atoms with van der Waals surface area (Å²) < 4.78 is 24.0. The number of hydrogen-bond acceptors (Lipinski definition) is 13. The van der Waals surface area contributed by atoms with Crippen molar-refractivity contribution < 1.29 is 38.1 Å². The molecule has 6 unspecified atom stereocenters. The van der Waals surface area contributed by atoms with Crippen molar-refractivity contribution in [2.45, 2.75) is 149 Å². The highest BCUT2D eigenvalue weighted by molar-refractivity contribution is 5.81. The van der Waals surface area contributed by atoms with Crippen molar-refractivity contribution in [2.24, 2.45) is 0 Å². The first-order valence-electron chi connectivity index (χ1n) is 21.8. The molecule has 1 aromatic rings. The normalized spacial score (nSPS) is 18.7. The minimum Gasteiger partial charge on any atom is -0.459 e. The van der Waals surface area contributed by atoms with E-state index in [0.29, 0.717) is 95.9 Å². The van der Waals surface area contributed by atoms with Crippen LogP contribution in [0.2, 0.25) is 0 Å². The first kappa shape index (κ1) is 49.7. The van der Waals surface area contributed by atoms with E-state index in [9.17, 15) is 33.6 Å². The van der Waals surface area contributed by atoms with Crippen LogP contribution in [0, 0.1) is 0 Å². The molecule has 2 fully saturated rings. The average Bonchev–Trinajstić information content (AvgIpc) is 4.11. The van der Waals surface area contributed by atoms with E-state index in [2.05, 4.69) is 46.2 Å². The second-order valence-corrected chi connectivity index (χ2v) is 15.9. The van der Waals surface area contributed by atoms with Crippen molar-refractivity contribution in [3.05, 3.63) is 44.1 Å². The Bertz CT molecular complexity index is 1600. The summed E-state index contributed by atoms with van der Waals surface area (Å²) in [5.41, 5.74) is -1.88. The van der Waals surface area contributed by atoms with Crippen LogP contribution in [0.15, 0.2) is 27.0 Å². The minimum absolute atomic E-state index is 0.0719. The number of amides is 3. The number of nitrogens with one attached hydrogen (secondary N) is 3. The van der Waals surface area contributed by atoms with E-state index >= 15 is 0 Å². The summed E-state index contributed by atoms with van der Waals surface area (Å²) >= 11 is 0. The molecule has 0 radical (unpaired) electrons. The molecular weight excluding hydrogens is 780 g/mol. The maximum absolute atomic E-state index is 13.5. The lowest BCUT2D eigenvalue weighted by atomic mass is 10.2. The van der Waals surface area contributed by atoms with Crippen LogP contribution >= 0.6 is 0 Å². The van der Waals surface area contributed by atoms with Crippen molar-refractivity contribution >= 4 is 24.2 Å². The molecule has 3 heterocycles. The molecule has 2 saturated heterocycles. The number of alkyl carbamates (subject to hydrolysis) is 3. The van der Waals surface area contributed by atoms with E-state index in [-0.39, 0.29) is 45.1 Å². The summed E-state index contributed by atoms with van der Waals surface area (Å²) in [4.78, 5) is 92.2. The van der Waals surface area contributed by atoms with Gasteiger partial charge in [0.2, 0.25) is 0 Å². The molecule has 3 N–H and O–H groups in total. The van der Waals surface area contributed by atoms with Crippen LogP contribution in [0.1, 0.15) is 105 Å². The molecule has 0 saturated carbocycles. The molecule has 340 valence electrons. The number of unbranched alkanes of at least 4 members (excludes halogenated alkanes) is 9. The summed E-state index contributed by atoms with van der Waals surface area (Å²) in [5, 5.41) is 8.19. The molecule has 0 bridgehead atoms. The first-order chi connectivity index (χ1) is 28.8. The maximum atomic E-state index is 13.5. The number of ether oxygens (including phenoxy) is 4. The number of aromatic nitrogens is 3. The van der Waals surface area contributed by atoms with Gasteiger partial charge in [-0.15, -0.1) is 0 Å². The van der Waals surface area contributed by atoms with Crippen LogP contribution < -0.4 is 33.0 Å². The molecular formula is C41H70N8O11. The quantitative estimate of drug-likeness (QED) is 0.0323. The third kappa shape index (κ3) is 19.6. The van der Waals surface area contributed by atoms with Crippen molar-refractivity contribution in [3.63, 3.8) is 0 Å². The van der Waals surface area contributed by atoms with E-state index in [1.54, 1.807) is 0 Å². The van der Waals surface area contributed by atoms with Crippen LogP contribution in [0.25, 0.3) is 0 Å². The fourth-order valence-corrected chi connectivity index (χ4v) is 6.74. The third-order valence-corrected chi connectivity index (χ3v) is 10.4. The van der Waals surface area contributed by atoms with Gasteiger partial charge in [0.05, 0.1) is 0 Å². The molecule has 0 aliphatic carbocycles. The Labute approximate surface area is 353 Å². The average molecular weight is 851 g/mol. The number of rotatable bonds is 31. The molecule has 3 amide bonds. The van der Waals surface area contributed by atoms with E-state index in [1.807, 2.05) is 13.8 Å². The summed E-state index contributed by atoms with van der Waals surface area (Å²) in [5.74, 6) is -0.600. The van der Waals surface area contributed by atoms with E-state index in [0.717, 1.165) is 58.8 Å². The smallest absolute Gasteiger partial charge is 0.407 e. The summed E-state index contributed by atoms with van der Waals surface area (Å²) in [6, 6.07) is 1.08. The van der Waals surface area contributed by atoms with Gasteiger partial charge in [-0.3, -0.25) is 9.80 Å². The van der Waals surface area contributed by atoms with Crippen LogP contribution in [0.4, 0.5) is 14.4 Å². The highest BCUT2D eigenvalue weighted by atomic mass is 16.6. The Morgan fingerprint density at radius 2 is 0.917 bits per heavy atom. The van der Waals surface area contributed by atoms with Crippen LogP contribution in [0.5, 0.6) is 0 Å². The van der Waals surface area contributed by atoms with E-state index in [1.165, 1.54) is 0 Å². The Morgan fingerprint density at radius 3 is 1.27 bits per heavy atom. The SMILES string of the molecule is C=CC(=O)OCCOC(=O)NCCCCCCn1c(=O)n(CCCCCCNC(=O)OC(C)CN2CC2C)c(=O)n(CCCCCCNC(=O)OC(C)CN2CC2C)c1=O. The number of esters is 1. The summed E-state index contributed by atoms with van der Waals surface area (Å²) in [6.45, 7) is 16.4. The van der Waals surface area contributed by atoms with Crippen LogP contribution in [-0.4, -0.2) is 131 Å². The fourth-order valence-electron chi connectivity index (χ4n) is 6.74. The zero-order valence-electron chi connectivity index (χ0n) is 36.3. The monoisotopic (exact) mass is 851 g/mol. The molecule has 0 spiro atoms. The van der Waals surface area contributed by atoms with E-state index < -0.39 is 41.3 Å². The summed E-state index contributed by atoms with van der Waals surface area (Å²) in [7, 11) is 0. The lowest BCUT2D eigenvalue weighted by molar-refractivity contribution is -0.138. The minimum atomic E-state index is -0.629. The highest BCUT2D eigenvalue weighted by Gasteiger charge is 2.31. The van der Waals surface area contributed by atoms with Gasteiger partial charge in [-0.25, -0.2) is 47.3 Å². The molecule has 2 aliphatic heterocycles. The van der Waals surface area contributed by atoms with Gasteiger partial charge in [-0.1, -0.05) is 45.1 Å². The van der Waals surface area contributed by atoms with Crippen LogP contribution in [-0.2, 0) is 43.4 Å². The predicted octanol–water partition coefficient (Wildman–Crippen LogP) is 2.95. The Hall–Kier alpha value is -4.65. The van der Waals surface area contributed by atoms with Crippen molar-refractivity contribution in [2.75, 3.05) is 59.0 Å².